The fraction of sp³-hybridized carbons (Fsp3) is 0.522. The van der Waals surface area contributed by atoms with Crippen molar-refractivity contribution in [1.82, 2.24) is 14.9 Å². The highest BCUT2D eigenvalue weighted by molar-refractivity contribution is 6.04. The van der Waals surface area contributed by atoms with Crippen LogP contribution in [-0.4, -0.2) is 27.9 Å². The largest absolute Gasteiger partial charge is 0.351 e. The van der Waals surface area contributed by atoms with Crippen LogP contribution in [0.1, 0.15) is 82.5 Å². The quantitative estimate of drug-likeness (QED) is 0.685. The molecular weight excluding hydrogens is 364 g/mol. The van der Waals surface area contributed by atoms with Crippen LogP contribution in [0.3, 0.4) is 0 Å². The molecule has 2 heterocycles. The van der Waals surface area contributed by atoms with Crippen molar-refractivity contribution in [1.29, 1.82) is 0 Å². The van der Waals surface area contributed by atoms with E-state index in [9.17, 15) is 9.59 Å². The predicted octanol–water partition coefficient (Wildman–Crippen LogP) is 4.32. The maximum Gasteiger partial charge on any atom is 0.291 e. The van der Waals surface area contributed by atoms with Crippen LogP contribution in [0.25, 0.3) is 0 Å². The van der Waals surface area contributed by atoms with Crippen LogP contribution in [0, 0.1) is 20.8 Å². The Morgan fingerprint density at radius 2 is 1.79 bits per heavy atom. The van der Waals surface area contributed by atoms with Crippen LogP contribution in [0.5, 0.6) is 0 Å². The number of aromatic nitrogens is 2. The molecule has 0 aliphatic carbocycles. The van der Waals surface area contributed by atoms with Crippen molar-refractivity contribution in [2.75, 3.05) is 11.9 Å². The van der Waals surface area contributed by atoms with Gasteiger partial charge in [-0.05, 0) is 57.6 Å². The van der Waals surface area contributed by atoms with Crippen molar-refractivity contribution in [2.24, 2.45) is 0 Å². The van der Waals surface area contributed by atoms with Gasteiger partial charge in [0, 0.05) is 18.8 Å². The highest BCUT2D eigenvalue weighted by atomic mass is 16.2. The highest BCUT2D eigenvalue weighted by Crippen LogP contribution is 2.25. The second kappa shape index (κ2) is 9.25. The third-order valence-electron chi connectivity index (χ3n) is 5.52. The molecule has 1 aromatic carbocycles. The Hall–Kier alpha value is -2.63. The molecule has 1 aliphatic rings. The Morgan fingerprint density at radius 1 is 1.07 bits per heavy atom. The number of imidazole rings is 1. The van der Waals surface area contributed by atoms with E-state index in [1.807, 2.05) is 25.3 Å². The number of rotatable bonds is 7. The zero-order valence-corrected chi connectivity index (χ0v) is 18.0. The van der Waals surface area contributed by atoms with E-state index in [0.717, 1.165) is 67.6 Å². The molecular formula is C23H32N4O2. The molecule has 3 rings (SSSR count). The van der Waals surface area contributed by atoms with Gasteiger partial charge in [0.25, 0.3) is 11.8 Å². The maximum atomic E-state index is 13.1. The van der Waals surface area contributed by atoms with Crippen molar-refractivity contribution in [2.45, 2.75) is 72.8 Å². The van der Waals surface area contributed by atoms with Crippen molar-refractivity contribution >= 4 is 17.5 Å². The SMILES string of the molecule is CCCCCNC(=O)c1nc(C(=O)Nc2c(C)cc(C)cc2C)n2c1CCCC2. The van der Waals surface area contributed by atoms with E-state index in [1.54, 1.807) is 0 Å². The standard InChI is InChI=1S/C23H32N4O2/c1-5-6-8-11-24-22(28)20-18-10-7-9-12-27(18)21(25-20)23(29)26-19-16(3)13-15(2)14-17(19)4/h13-14H,5-12H2,1-4H3,(H,24,28)(H,26,29). The third-order valence-corrected chi connectivity index (χ3v) is 5.52. The molecule has 6 heteroatoms. The van der Waals surface area contributed by atoms with Crippen molar-refractivity contribution in [3.8, 4) is 0 Å². The summed E-state index contributed by atoms with van der Waals surface area (Å²) in [5.74, 6) is -0.0977. The second-order valence-corrected chi connectivity index (χ2v) is 8.03. The first-order valence-electron chi connectivity index (χ1n) is 10.7. The van der Waals surface area contributed by atoms with Crippen LogP contribution >= 0.6 is 0 Å². The number of nitrogens with zero attached hydrogens (tertiary/aromatic N) is 2. The molecule has 2 aromatic rings. The lowest BCUT2D eigenvalue weighted by Crippen LogP contribution is -2.26. The first-order chi connectivity index (χ1) is 13.9. The summed E-state index contributed by atoms with van der Waals surface area (Å²) in [4.78, 5) is 30.3. The minimum absolute atomic E-state index is 0.173. The molecule has 2 N–H and O–H groups in total. The smallest absolute Gasteiger partial charge is 0.291 e. The van der Waals surface area contributed by atoms with Crippen LogP contribution in [0.2, 0.25) is 0 Å². The molecule has 0 atom stereocenters. The van der Waals surface area contributed by atoms with Gasteiger partial charge in [0.2, 0.25) is 0 Å². The summed E-state index contributed by atoms with van der Waals surface area (Å²) >= 11 is 0. The number of anilines is 1. The Kier molecular flexibility index (Phi) is 6.72. The lowest BCUT2D eigenvalue weighted by atomic mass is 10.1. The molecule has 0 saturated carbocycles. The average molecular weight is 397 g/mol. The van der Waals surface area contributed by atoms with Crippen LogP contribution in [0.15, 0.2) is 12.1 Å². The molecule has 0 radical (unpaired) electrons. The van der Waals surface area contributed by atoms with Crippen LogP contribution in [0.4, 0.5) is 5.69 Å². The molecule has 0 spiro atoms. The zero-order valence-electron chi connectivity index (χ0n) is 18.0. The lowest BCUT2D eigenvalue weighted by Gasteiger charge is -2.18. The van der Waals surface area contributed by atoms with Gasteiger partial charge in [0.05, 0.1) is 5.69 Å². The molecule has 0 fully saturated rings. The monoisotopic (exact) mass is 396 g/mol. The number of nitrogens with one attached hydrogen (secondary N) is 2. The minimum Gasteiger partial charge on any atom is -0.351 e. The number of carbonyl (C=O) groups excluding carboxylic acids is 2. The normalized spacial score (nSPS) is 13.1. The van der Waals surface area contributed by atoms with Gasteiger partial charge in [-0.25, -0.2) is 4.98 Å². The van der Waals surface area contributed by atoms with Crippen LogP contribution in [-0.2, 0) is 13.0 Å². The summed E-state index contributed by atoms with van der Waals surface area (Å²) in [6.45, 7) is 9.53. The van der Waals surface area contributed by atoms with Gasteiger partial charge < -0.3 is 15.2 Å². The Morgan fingerprint density at radius 3 is 2.48 bits per heavy atom. The van der Waals surface area contributed by atoms with Gasteiger partial charge >= 0.3 is 0 Å². The number of aryl methyl sites for hydroxylation is 3. The molecule has 29 heavy (non-hydrogen) atoms. The Labute approximate surface area is 173 Å². The molecule has 1 aromatic heterocycles. The number of benzene rings is 1. The van der Waals surface area contributed by atoms with Gasteiger partial charge in [-0.2, -0.15) is 0 Å². The molecule has 0 bridgehead atoms. The fourth-order valence-corrected chi connectivity index (χ4v) is 4.11. The summed E-state index contributed by atoms with van der Waals surface area (Å²) in [5, 5.41) is 5.99. The molecule has 1 aliphatic heterocycles. The van der Waals surface area contributed by atoms with Crippen molar-refractivity contribution in [3.63, 3.8) is 0 Å². The first kappa shape index (κ1) is 21.1. The van der Waals surface area contributed by atoms with E-state index in [1.165, 1.54) is 5.56 Å². The Balaban J connectivity index is 1.85. The van der Waals surface area contributed by atoms with Gasteiger partial charge in [-0.3, -0.25) is 9.59 Å². The number of amides is 2. The van der Waals surface area contributed by atoms with Gasteiger partial charge in [-0.1, -0.05) is 37.5 Å². The maximum absolute atomic E-state index is 13.1. The Bertz CT molecular complexity index is 891. The van der Waals surface area contributed by atoms with E-state index >= 15 is 0 Å². The van der Waals surface area contributed by atoms with Gasteiger partial charge in [0.1, 0.15) is 5.69 Å². The predicted molar refractivity (Wildman–Crippen MR) is 116 cm³/mol. The van der Waals surface area contributed by atoms with E-state index in [-0.39, 0.29) is 11.8 Å². The van der Waals surface area contributed by atoms with Crippen LogP contribution < -0.4 is 10.6 Å². The summed E-state index contributed by atoms with van der Waals surface area (Å²) in [7, 11) is 0. The number of carbonyl (C=O) groups is 2. The van der Waals surface area contributed by atoms with Gasteiger partial charge in [-0.15, -0.1) is 0 Å². The average Bonchev–Trinajstić information content (AvgIpc) is 3.08. The molecule has 6 nitrogen and oxygen atoms in total. The molecule has 0 saturated heterocycles. The number of fused-ring (bicyclic) bond motifs is 1. The fourth-order valence-electron chi connectivity index (χ4n) is 4.11. The molecule has 0 unspecified atom stereocenters. The van der Waals surface area contributed by atoms with E-state index < -0.39 is 0 Å². The highest BCUT2D eigenvalue weighted by Gasteiger charge is 2.27. The number of hydrogen-bond acceptors (Lipinski definition) is 3. The summed E-state index contributed by atoms with van der Waals surface area (Å²) in [6, 6.07) is 4.11. The third kappa shape index (κ3) is 4.69. The zero-order chi connectivity index (χ0) is 21.0. The number of unbranched alkanes of at least 4 members (excludes halogenated alkanes) is 2. The first-order valence-corrected chi connectivity index (χ1v) is 10.7. The summed E-state index contributed by atoms with van der Waals surface area (Å²) in [6.07, 6.45) is 5.93. The van der Waals surface area contributed by atoms with Crippen molar-refractivity contribution < 1.29 is 9.59 Å². The van der Waals surface area contributed by atoms with E-state index in [2.05, 4.69) is 34.7 Å². The van der Waals surface area contributed by atoms with Gasteiger partial charge in [0.15, 0.2) is 5.82 Å². The molecule has 2 amide bonds. The van der Waals surface area contributed by atoms with E-state index in [4.69, 9.17) is 0 Å². The summed E-state index contributed by atoms with van der Waals surface area (Å²) in [5.41, 5.74) is 5.32. The van der Waals surface area contributed by atoms with E-state index in [0.29, 0.717) is 18.1 Å². The second-order valence-electron chi connectivity index (χ2n) is 8.03. The van der Waals surface area contributed by atoms with Crippen molar-refractivity contribution in [3.05, 3.63) is 46.0 Å². The lowest BCUT2D eigenvalue weighted by molar-refractivity contribution is 0.0947. The minimum atomic E-state index is -0.256. The number of hydrogen-bond donors (Lipinski definition) is 2. The topological polar surface area (TPSA) is 76.0 Å². The molecule has 156 valence electrons. The summed E-state index contributed by atoms with van der Waals surface area (Å²) < 4.78 is 1.93.